The minimum Gasteiger partial charge on any atom is -0.399 e. The molecule has 0 atom stereocenters. The Hall–Kier alpha value is -1.12. The number of alkyl halides is 2. The van der Waals surface area contributed by atoms with Crippen molar-refractivity contribution >= 4 is 5.69 Å². The molecule has 0 heterocycles. The van der Waals surface area contributed by atoms with Gasteiger partial charge < -0.3 is 5.73 Å². The molecule has 0 bridgehead atoms. The highest BCUT2D eigenvalue weighted by Gasteiger charge is 2.12. The normalized spacial score (nSPS) is 10.8. The quantitative estimate of drug-likeness (QED) is 0.719. The van der Waals surface area contributed by atoms with E-state index in [-0.39, 0.29) is 5.56 Å². The van der Waals surface area contributed by atoms with E-state index in [1.807, 2.05) is 6.92 Å². The Morgan fingerprint density at radius 1 is 1.38 bits per heavy atom. The predicted molar refractivity (Wildman–Crippen MR) is 49.8 cm³/mol. The van der Waals surface area contributed by atoms with E-state index in [2.05, 4.69) is 0 Å². The molecular weight excluding hydrogens is 172 g/mol. The van der Waals surface area contributed by atoms with Crippen molar-refractivity contribution in [3.8, 4) is 0 Å². The standard InChI is InChI=1S/C10H13F2N/c1-2-3-7-4-5-8(13)6-9(7)10(11)12/h4-6,10H,2-3,13H2,1H3. The second kappa shape index (κ2) is 4.21. The van der Waals surface area contributed by atoms with E-state index >= 15 is 0 Å². The van der Waals surface area contributed by atoms with Crippen LogP contribution in [-0.4, -0.2) is 0 Å². The highest BCUT2D eigenvalue weighted by Crippen LogP contribution is 2.25. The van der Waals surface area contributed by atoms with E-state index in [1.54, 1.807) is 12.1 Å². The topological polar surface area (TPSA) is 26.0 Å². The van der Waals surface area contributed by atoms with Crippen LogP contribution in [-0.2, 0) is 6.42 Å². The van der Waals surface area contributed by atoms with Gasteiger partial charge in [-0.2, -0.15) is 0 Å². The first-order chi connectivity index (χ1) is 6.15. The maximum Gasteiger partial charge on any atom is 0.264 e. The van der Waals surface area contributed by atoms with Gasteiger partial charge in [-0.15, -0.1) is 0 Å². The molecule has 0 aliphatic rings. The molecule has 0 spiro atoms. The van der Waals surface area contributed by atoms with E-state index < -0.39 is 6.43 Å². The van der Waals surface area contributed by atoms with Crippen molar-refractivity contribution in [2.75, 3.05) is 5.73 Å². The average Bonchev–Trinajstić information content (AvgIpc) is 2.08. The van der Waals surface area contributed by atoms with Crippen molar-refractivity contribution in [1.82, 2.24) is 0 Å². The average molecular weight is 185 g/mol. The highest BCUT2D eigenvalue weighted by atomic mass is 19.3. The van der Waals surface area contributed by atoms with Gasteiger partial charge in [0.2, 0.25) is 0 Å². The van der Waals surface area contributed by atoms with Gasteiger partial charge in [0.05, 0.1) is 0 Å². The molecule has 13 heavy (non-hydrogen) atoms. The molecule has 0 aromatic heterocycles. The second-order valence-electron chi connectivity index (χ2n) is 3.01. The van der Waals surface area contributed by atoms with Crippen LogP contribution in [0.5, 0.6) is 0 Å². The summed E-state index contributed by atoms with van der Waals surface area (Å²) < 4.78 is 25.0. The zero-order chi connectivity index (χ0) is 9.84. The van der Waals surface area contributed by atoms with Gasteiger partial charge >= 0.3 is 0 Å². The first-order valence-corrected chi connectivity index (χ1v) is 4.31. The van der Waals surface area contributed by atoms with Crippen LogP contribution < -0.4 is 5.73 Å². The summed E-state index contributed by atoms with van der Waals surface area (Å²) in [6.07, 6.45) is -0.881. The zero-order valence-corrected chi connectivity index (χ0v) is 7.56. The minimum absolute atomic E-state index is 0.0712. The smallest absolute Gasteiger partial charge is 0.264 e. The molecule has 0 unspecified atom stereocenters. The maximum atomic E-state index is 12.5. The summed E-state index contributed by atoms with van der Waals surface area (Å²) in [6, 6.07) is 4.70. The van der Waals surface area contributed by atoms with Crippen molar-refractivity contribution < 1.29 is 8.78 Å². The van der Waals surface area contributed by atoms with Crippen LogP contribution in [0, 0.1) is 0 Å². The Labute approximate surface area is 76.6 Å². The van der Waals surface area contributed by atoms with Crippen LogP contribution in [0.15, 0.2) is 18.2 Å². The number of anilines is 1. The lowest BCUT2D eigenvalue weighted by Gasteiger charge is -2.08. The maximum absolute atomic E-state index is 12.5. The molecule has 0 fully saturated rings. The summed E-state index contributed by atoms with van der Waals surface area (Å²) in [4.78, 5) is 0. The van der Waals surface area contributed by atoms with Gasteiger partial charge in [0.15, 0.2) is 0 Å². The zero-order valence-electron chi connectivity index (χ0n) is 7.56. The summed E-state index contributed by atoms with van der Waals surface area (Å²) in [7, 11) is 0. The van der Waals surface area contributed by atoms with E-state index in [9.17, 15) is 8.78 Å². The lowest BCUT2D eigenvalue weighted by Crippen LogP contribution is -1.96. The molecule has 3 heteroatoms. The fraction of sp³-hybridized carbons (Fsp3) is 0.400. The highest BCUT2D eigenvalue weighted by molar-refractivity contribution is 5.45. The number of nitrogen functional groups attached to an aromatic ring is 1. The first kappa shape index (κ1) is 9.96. The minimum atomic E-state index is -2.43. The van der Waals surface area contributed by atoms with Gasteiger partial charge in [0.1, 0.15) is 0 Å². The Balaban J connectivity index is 3.03. The molecule has 0 saturated heterocycles. The lowest BCUT2D eigenvalue weighted by atomic mass is 10.0. The van der Waals surface area contributed by atoms with Crippen molar-refractivity contribution in [3.05, 3.63) is 29.3 Å². The Morgan fingerprint density at radius 2 is 2.08 bits per heavy atom. The molecule has 1 nitrogen and oxygen atoms in total. The van der Waals surface area contributed by atoms with E-state index in [4.69, 9.17) is 5.73 Å². The van der Waals surface area contributed by atoms with E-state index in [0.717, 1.165) is 6.42 Å². The van der Waals surface area contributed by atoms with Crippen LogP contribution in [0.2, 0.25) is 0 Å². The Morgan fingerprint density at radius 3 is 2.62 bits per heavy atom. The fourth-order valence-electron chi connectivity index (χ4n) is 1.31. The number of halogens is 2. The Bertz CT molecular complexity index is 284. The van der Waals surface area contributed by atoms with Gasteiger partial charge in [-0.05, 0) is 24.1 Å². The summed E-state index contributed by atoms with van der Waals surface area (Å²) in [5.74, 6) is 0. The lowest BCUT2D eigenvalue weighted by molar-refractivity contribution is 0.150. The third kappa shape index (κ3) is 2.41. The molecule has 1 aromatic rings. The molecule has 0 saturated carbocycles. The monoisotopic (exact) mass is 185 g/mol. The molecule has 0 radical (unpaired) electrons. The first-order valence-electron chi connectivity index (χ1n) is 4.31. The van der Waals surface area contributed by atoms with E-state index in [1.165, 1.54) is 6.07 Å². The molecule has 0 aliphatic heterocycles. The number of benzene rings is 1. The molecule has 2 N–H and O–H groups in total. The molecular formula is C10H13F2N. The SMILES string of the molecule is CCCc1ccc(N)cc1C(F)F. The predicted octanol–water partition coefficient (Wildman–Crippen LogP) is 3.16. The molecule has 0 amide bonds. The summed E-state index contributed by atoms with van der Waals surface area (Å²) in [6.45, 7) is 1.96. The summed E-state index contributed by atoms with van der Waals surface area (Å²) in [5.41, 5.74) is 6.60. The third-order valence-electron chi connectivity index (χ3n) is 1.92. The second-order valence-corrected chi connectivity index (χ2v) is 3.01. The number of aryl methyl sites for hydroxylation is 1. The van der Waals surface area contributed by atoms with Gasteiger partial charge in [-0.3, -0.25) is 0 Å². The van der Waals surface area contributed by atoms with Crippen molar-refractivity contribution in [2.45, 2.75) is 26.2 Å². The summed E-state index contributed by atoms with van der Waals surface area (Å²) in [5, 5.41) is 0. The van der Waals surface area contributed by atoms with Crippen molar-refractivity contribution in [3.63, 3.8) is 0 Å². The van der Waals surface area contributed by atoms with Gasteiger partial charge in [0.25, 0.3) is 6.43 Å². The van der Waals surface area contributed by atoms with Crippen LogP contribution in [0.4, 0.5) is 14.5 Å². The largest absolute Gasteiger partial charge is 0.399 e. The Kier molecular flexibility index (Phi) is 3.23. The molecule has 1 aromatic carbocycles. The number of hydrogen-bond donors (Lipinski definition) is 1. The fourth-order valence-corrected chi connectivity index (χ4v) is 1.31. The van der Waals surface area contributed by atoms with Crippen molar-refractivity contribution in [1.29, 1.82) is 0 Å². The summed E-state index contributed by atoms with van der Waals surface area (Å²) >= 11 is 0. The molecule has 0 aliphatic carbocycles. The van der Waals surface area contributed by atoms with Crippen LogP contribution >= 0.6 is 0 Å². The number of nitrogens with two attached hydrogens (primary N) is 1. The van der Waals surface area contributed by atoms with Crippen LogP contribution in [0.3, 0.4) is 0 Å². The number of hydrogen-bond acceptors (Lipinski definition) is 1. The van der Waals surface area contributed by atoms with E-state index in [0.29, 0.717) is 17.7 Å². The number of rotatable bonds is 3. The van der Waals surface area contributed by atoms with Crippen molar-refractivity contribution in [2.24, 2.45) is 0 Å². The van der Waals surface area contributed by atoms with Crippen LogP contribution in [0.25, 0.3) is 0 Å². The van der Waals surface area contributed by atoms with Crippen LogP contribution in [0.1, 0.15) is 30.9 Å². The molecule has 72 valence electrons. The van der Waals surface area contributed by atoms with Gasteiger partial charge in [0, 0.05) is 11.3 Å². The van der Waals surface area contributed by atoms with Gasteiger partial charge in [-0.1, -0.05) is 19.4 Å². The third-order valence-corrected chi connectivity index (χ3v) is 1.92. The van der Waals surface area contributed by atoms with Gasteiger partial charge in [-0.25, -0.2) is 8.78 Å². The molecule has 1 rings (SSSR count).